The lowest BCUT2D eigenvalue weighted by Crippen LogP contribution is -2.46. The Hall–Kier alpha value is -0.770. The van der Waals surface area contributed by atoms with E-state index in [2.05, 4.69) is 5.32 Å². The van der Waals surface area contributed by atoms with Gasteiger partial charge < -0.3 is 11.1 Å². The number of hydrogen-bond donors (Lipinski definition) is 2. The van der Waals surface area contributed by atoms with Gasteiger partial charge in [-0.25, -0.2) is 0 Å². The summed E-state index contributed by atoms with van der Waals surface area (Å²) in [6.07, 6.45) is 2.21. The van der Waals surface area contributed by atoms with Gasteiger partial charge in [-0.3, -0.25) is 4.79 Å². The van der Waals surface area contributed by atoms with Gasteiger partial charge >= 0.3 is 0 Å². The first-order valence-corrected chi connectivity index (χ1v) is 6.70. The van der Waals surface area contributed by atoms with Crippen molar-refractivity contribution in [2.75, 3.05) is 0 Å². The lowest BCUT2D eigenvalue weighted by atomic mass is 10.1. The van der Waals surface area contributed by atoms with E-state index in [9.17, 15) is 4.79 Å². The lowest BCUT2D eigenvalue weighted by molar-refractivity contribution is -0.123. The van der Waals surface area contributed by atoms with Crippen LogP contribution in [-0.4, -0.2) is 17.5 Å². The summed E-state index contributed by atoms with van der Waals surface area (Å²) in [4.78, 5) is 11.8. The molecular formula is C13H16Cl2N2O. The zero-order chi connectivity index (χ0) is 13.3. The van der Waals surface area contributed by atoms with E-state index in [4.69, 9.17) is 28.9 Å². The second-order valence-corrected chi connectivity index (χ2v) is 5.81. The number of halogens is 2. The van der Waals surface area contributed by atoms with Crippen LogP contribution in [0.4, 0.5) is 0 Å². The first-order valence-electron chi connectivity index (χ1n) is 5.94. The quantitative estimate of drug-likeness (QED) is 0.894. The Morgan fingerprint density at radius 1 is 1.50 bits per heavy atom. The Morgan fingerprint density at radius 2 is 2.17 bits per heavy atom. The highest BCUT2D eigenvalue weighted by molar-refractivity contribution is 6.35. The number of carbonyl (C=O) groups excluding carboxylic acids is 1. The number of nitrogens with two attached hydrogens (primary N) is 1. The maximum atomic E-state index is 11.8. The Balaban J connectivity index is 1.94. The molecule has 5 heteroatoms. The van der Waals surface area contributed by atoms with E-state index in [1.165, 1.54) is 0 Å². The molecule has 1 aromatic carbocycles. The number of hydrogen-bond acceptors (Lipinski definition) is 2. The molecule has 1 unspecified atom stereocenters. The lowest BCUT2D eigenvalue weighted by Gasteiger charge is -2.17. The summed E-state index contributed by atoms with van der Waals surface area (Å²) in [7, 11) is 0. The molecule has 0 spiro atoms. The summed E-state index contributed by atoms with van der Waals surface area (Å²) in [5.41, 5.74) is 6.17. The van der Waals surface area contributed by atoms with Gasteiger partial charge in [0.25, 0.3) is 0 Å². The minimum Gasteiger partial charge on any atom is -0.352 e. The second-order valence-electron chi connectivity index (χ2n) is 4.97. The smallest absolute Gasteiger partial charge is 0.240 e. The van der Waals surface area contributed by atoms with Crippen molar-refractivity contribution in [1.29, 1.82) is 0 Å². The van der Waals surface area contributed by atoms with Crippen LogP contribution in [0, 0.1) is 0 Å². The van der Waals surface area contributed by atoms with Crippen LogP contribution in [0.3, 0.4) is 0 Å². The topological polar surface area (TPSA) is 55.1 Å². The summed E-state index contributed by atoms with van der Waals surface area (Å²) < 4.78 is 0. The third-order valence-corrected chi connectivity index (χ3v) is 3.75. The molecule has 0 aromatic heterocycles. The van der Waals surface area contributed by atoms with E-state index in [-0.39, 0.29) is 11.9 Å². The third-order valence-electron chi connectivity index (χ3n) is 3.16. The van der Waals surface area contributed by atoms with Gasteiger partial charge in [-0.1, -0.05) is 29.3 Å². The minimum atomic E-state index is -0.627. The van der Waals surface area contributed by atoms with Crippen molar-refractivity contribution in [3.05, 3.63) is 33.8 Å². The minimum absolute atomic E-state index is 0.00259. The molecule has 1 aliphatic rings. The molecule has 0 heterocycles. The van der Waals surface area contributed by atoms with Crippen LogP contribution in [-0.2, 0) is 11.2 Å². The van der Waals surface area contributed by atoms with Gasteiger partial charge in [-0.2, -0.15) is 0 Å². The molecule has 1 saturated carbocycles. The number of benzene rings is 1. The highest BCUT2D eigenvalue weighted by Crippen LogP contribution is 2.32. The molecule has 18 heavy (non-hydrogen) atoms. The normalized spacial score (nSPS) is 18.2. The van der Waals surface area contributed by atoms with Crippen LogP contribution in [0.5, 0.6) is 0 Å². The molecule has 3 N–H and O–H groups in total. The fraction of sp³-hybridized carbons (Fsp3) is 0.462. The largest absolute Gasteiger partial charge is 0.352 e. The van der Waals surface area contributed by atoms with E-state index in [0.717, 1.165) is 18.4 Å². The summed E-state index contributed by atoms with van der Waals surface area (Å²) in [5.74, 6) is -0.0694. The average Bonchev–Trinajstić information content (AvgIpc) is 3.02. The maximum Gasteiger partial charge on any atom is 0.240 e. The molecular weight excluding hydrogens is 271 g/mol. The van der Waals surface area contributed by atoms with Gasteiger partial charge in [-0.15, -0.1) is 0 Å². The second kappa shape index (κ2) is 5.08. The SMILES string of the molecule is CC(Cc1ccc(Cl)cc1Cl)NC(=O)C1(N)CC1. The Morgan fingerprint density at radius 3 is 2.72 bits per heavy atom. The van der Waals surface area contributed by atoms with Crippen LogP contribution in [0.15, 0.2) is 18.2 Å². The highest BCUT2D eigenvalue weighted by Gasteiger charge is 2.46. The van der Waals surface area contributed by atoms with Gasteiger partial charge in [0.15, 0.2) is 0 Å². The van der Waals surface area contributed by atoms with Crippen LogP contribution >= 0.6 is 23.2 Å². The molecule has 0 saturated heterocycles. The molecule has 98 valence electrons. The Labute approximate surface area is 117 Å². The monoisotopic (exact) mass is 286 g/mol. The number of amides is 1. The molecule has 2 rings (SSSR count). The van der Waals surface area contributed by atoms with Crippen LogP contribution < -0.4 is 11.1 Å². The van der Waals surface area contributed by atoms with E-state index in [1.807, 2.05) is 13.0 Å². The predicted molar refractivity (Wildman–Crippen MR) is 73.9 cm³/mol. The Kier molecular flexibility index (Phi) is 3.85. The number of nitrogens with one attached hydrogen (secondary N) is 1. The summed E-state index contributed by atoms with van der Waals surface area (Å²) >= 11 is 11.9. The zero-order valence-electron chi connectivity index (χ0n) is 10.2. The van der Waals surface area contributed by atoms with Crippen LogP contribution in [0.2, 0.25) is 10.0 Å². The molecule has 0 bridgehead atoms. The Bertz CT molecular complexity index is 472. The van der Waals surface area contributed by atoms with Gasteiger partial charge in [-0.05, 0) is 43.9 Å². The standard InChI is InChI=1S/C13H16Cl2N2O/c1-8(17-12(18)13(16)4-5-13)6-9-2-3-10(14)7-11(9)15/h2-3,7-8H,4-6,16H2,1H3,(H,17,18). The molecule has 1 aromatic rings. The molecule has 1 atom stereocenters. The first kappa shape index (κ1) is 13.7. The number of carbonyl (C=O) groups is 1. The first-order chi connectivity index (χ1) is 8.40. The van der Waals surface area contributed by atoms with Gasteiger partial charge in [0.1, 0.15) is 0 Å². The third kappa shape index (κ3) is 3.16. The van der Waals surface area contributed by atoms with Gasteiger partial charge in [0.05, 0.1) is 5.54 Å². The fourth-order valence-corrected chi connectivity index (χ4v) is 2.28. The molecule has 1 fully saturated rings. The van der Waals surface area contributed by atoms with Gasteiger partial charge in [0.2, 0.25) is 5.91 Å². The molecule has 0 radical (unpaired) electrons. The maximum absolute atomic E-state index is 11.8. The van der Waals surface area contributed by atoms with E-state index >= 15 is 0 Å². The fourth-order valence-electron chi connectivity index (χ4n) is 1.80. The van der Waals surface area contributed by atoms with Crippen molar-refractivity contribution >= 4 is 29.1 Å². The van der Waals surface area contributed by atoms with E-state index in [0.29, 0.717) is 16.5 Å². The highest BCUT2D eigenvalue weighted by atomic mass is 35.5. The predicted octanol–water partition coefficient (Wildman–Crippen LogP) is 2.53. The number of rotatable bonds is 4. The zero-order valence-corrected chi connectivity index (χ0v) is 11.7. The van der Waals surface area contributed by atoms with Crippen molar-refractivity contribution in [1.82, 2.24) is 5.32 Å². The van der Waals surface area contributed by atoms with Crippen molar-refractivity contribution in [2.24, 2.45) is 5.73 Å². The summed E-state index contributed by atoms with van der Waals surface area (Å²) in [6.45, 7) is 1.94. The van der Waals surface area contributed by atoms with Crippen molar-refractivity contribution in [3.63, 3.8) is 0 Å². The van der Waals surface area contributed by atoms with Crippen molar-refractivity contribution < 1.29 is 4.79 Å². The summed E-state index contributed by atoms with van der Waals surface area (Å²) in [6, 6.07) is 5.38. The molecule has 1 aliphatic carbocycles. The van der Waals surface area contributed by atoms with Crippen molar-refractivity contribution in [3.8, 4) is 0 Å². The average molecular weight is 287 g/mol. The molecule has 0 aliphatic heterocycles. The van der Waals surface area contributed by atoms with E-state index < -0.39 is 5.54 Å². The van der Waals surface area contributed by atoms with Crippen molar-refractivity contribution in [2.45, 2.75) is 37.8 Å². The molecule has 3 nitrogen and oxygen atoms in total. The van der Waals surface area contributed by atoms with Crippen LogP contribution in [0.25, 0.3) is 0 Å². The summed E-state index contributed by atoms with van der Waals surface area (Å²) in [5, 5.41) is 4.15. The molecule has 1 amide bonds. The van der Waals surface area contributed by atoms with Gasteiger partial charge in [0, 0.05) is 16.1 Å². The van der Waals surface area contributed by atoms with E-state index in [1.54, 1.807) is 12.1 Å². The van der Waals surface area contributed by atoms with Crippen LogP contribution in [0.1, 0.15) is 25.3 Å².